The predicted molar refractivity (Wildman–Crippen MR) is 217 cm³/mol. The highest BCUT2D eigenvalue weighted by molar-refractivity contribution is 5.79. The Balaban J connectivity index is 4.14. The smallest absolute Gasteiger partial charge is 0.249 e. The first kappa shape index (κ1) is 48.5. The van der Waals surface area contributed by atoms with Crippen LogP contribution in [-0.4, -0.2) is 70.1 Å². The molecule has 0 radical (unpaired) electrons. The molecule has 50 heavy (non-hydrogen) atoms. The van der Waals surface area contributed by atoms with Crippen LogP contribution in [0.1, 0.15) is 181 Å². The zero-order valence-electron chi connectivity index (χ0n) is 33.7. The number of hydrogen-bond donors (Lipinski definition) is 1. The second-order valence-corrected chi connectivity index (χ2v) is 14.5. The molecule has 2 atom stereocenters. The highest BCUT2D eigenvalue weighted by Gasteiger charge is 2.28. The van der Waals surface area contributed by atoms with E-state index in [0.29, 0.717) is 26.4 Å². The Labute approximate surface area is 311 Å². The number of nitrogens with zero attached hydrogens (tertiary/aromatic N) is 1. The zero-order chi connectivity index (χ0) is 36.6. The summed E-state index contributed by atoms with van der Waals surface area (Å²) in [7, 11) is 4.04. The molecule has 0 saturated carbocycles. The van der Waals surface area contributed by atoms with Crippen LogP contribution in [0.15, 0.2) is 36.5 Å². The molecule has 0 bridgehead atoms. The SMILES string of the molecule is CCCCC/C=C\C/C=C\CCCCCCCCOC(C(N)=O)C(COCCN(C)C)OCCCCCCCC/C=C\CCCCCCCC. The average Bonchev–Trinajstić information content (AvgIpc) is 3.10. The van der Waals surface area contributed by atoms with E-state index in [9.17, 15) is 4.79 Å². The Bertz CT molecular complexity index is 782. The quantitative estimate of drug-likeness (QED) is 0.0508. The molecule has 0 spiro atoms. The largest absolute Gasteiger partial charge is 0.377 e. The molecule has 0 aromatic carbocycles. The van der Waals surface area contributed by atoms with E-state index in [1.807, 2.05) is 14.1 Å². The number of rotatable bonds is 40. The van der Waals surface area contributed by atoms with E-state index in [4.69, 9.17) is 19.9 Å². The van der Waals surface area contributed by atoms with Gasteiger partial charge in [-0.15, -0.1) is 0 Å². The molecule has 0 rings (SSSR count). The lowest BCUT2D eigenvalue weighted by atomic mass is 10.1. The van der Waals surface area contributed by atoms with Gasteiger partial charge in [-0.25, -0.2) is 0 Å². The van der Waals surface area contributed by atoms with Crippen molar-refractivity contribution in [2.45, 2.75) is 193 Å². The predicted octanol–water partition coefficient (Wildman–Crippen LogP) is 11.7. The van der Waals surface area contributed by atoms with Gasteiger partial charge in [0, 0.05) is 19.8 Å². The van der Waals surface area contributed by atoms with Crippen LogP contribution in [0.4, 0.5) is 0 Å². The van der Waals surface area contributed by atoms with Gasteiger partial charge in [-0.1, -0.05) is 147 Å². The second-order valence-electron chi connectivity index (χ2n) is 14.5. The van der Waals surface area contributed by atoms with Gasteiger partial charge in [0.1, 0.15) is 6.10 Å². The van der Waals surface area contributed by atoms with Crippen LogP contribution in [0, 0.1) is 0 Å². The van der Waals surface area contributed by atoms with Crippen molar-refractivity contribution in [1.29, 1.82) is 0 Å². The van der Waals surface area contributed by atoms with Crippen LogP contribution in [0.3, 0.4) is 0 Å². The van der Waals surface area contributed by atoms with Gasteiger partial charge in [0.05, 0.1) is 13.2 Å². The molecule has 0 aliphatic rings. The van der Waals surface area contributed by atoms with Crippen molar-refractivity contribution >= 4 is 5.91 Å². The molecule has 0 fully saturated rings. The summed E-state index contributed by atoms with van der Waals surface area (Å²) in [6, 6.07) is 0. The van der Waals surface area contributed by atoms with E-state index in [0.717, 1.165) is 38.6 Å². The van der Waals surface area contributed by atoms with Gasteiger partial charge in [0.25, 0.3) is 0 Å². The summed E-state index contributed by atoms with van der Waals surface area (Å²) in [5.74, 6) is -0.465. The molecule has 1 amide bonds. The van der Waals surface area contributed by atoms with Gasteiger partial charge in [-0.05, 0) is 84.7 Å². The molecule has 0 saturated heterocycles. The summed E-state index contributed by atoms with van der Waals surface area (Å²) in [5.41, 5.74) is 5.81. The van der Waals surface area contributed by atoms with E-state index in [1.54, 1.807) is 0 Å². The Morgan fingerprint density at radius 3 is 1.42 bits per heavy atom. The van der Waals surface area contributed by atoms with Crippen LogP contribution >= 0.6 is 0 Å². The molecule has 294 valence electrons. The number of ether oxygens (including phenoxy) is 3. The van der Waals surface area contributed by atoms with Crippen molar-refractivity contribution in [2.75, 3.05) is 47.1 Å². The first-order valence-corrected chi connectivity index (χ1v) is 21.2. The first-order valence-electron chi connectivity index (χ1n) is 21.2. The normalized spacial score (nSPS) is 13.5. The molecule has 0 aliphatic heterocycles. The maximum Gasteiger partial charge on any atom is 0.249 e. The molecule has 0 aromatic rings. The van der Waals surface area contributed by atoms with Gasteiger partial charge in [0.15, 0.2) is 6.10 Å². The van der Waals surface area contributed by atoms with E-state index in [1.165, 1.54) is 135 Å². The molecular formula is C44H84N2O4. The van der Waals surface area contributed by atoms with Crippen molar-refractivity contribution in [3.8, 4) is 0 Å². The van der Waals surface area contributed by atoms with Crippen molar-refractivity contribution in [1.82, 2.24) is 4.90 Å². The highest BCUT2D eigenvalue weighted by atomic mass is 16.6. The molecule has 6 heteroatoms. The fourth-order valence-corrected chi connectivity index (χ4v) is 5.93. The van der Waals surface area contributed by atoms with Crippen molar-refractivity contribution in [3.05, 3.63) is 36.5 Å². The van der Waals surface area contributed by atoms with Crippen LogP contribution in [-0.2, 0) is 19.0 Å². The third-order valence-corrected chi connectivity index (χ3v) is 9.21. The van der Waals surface area contributed by atoms with Gasteiger partial charge < -0.3 is 24.8 Å². The molecule has 2 N–H and O–H groups in total. The monoisotopic (exact) mass is 705 g/mol. The van der Waals surface area contributed by atoms with Crippen molar-refractivity contribution in [2.24, 2.45) is 5.73 Å². The Morgan fingerprint density at radius 1 is 0.540 bits per heavy atom. The van der Waals surface area contributed by atoms with E-state index >= 15 is 0 Å². The van der Waals surface area contributed by atoms with E-state index < -0.39 is 18.1 Å². The summed E-state index contributed by atoms with van der Waals surface area (Å²) < 4.78 is 18.1. The number of allylic oxidation sites excluding steroid dienone is 6. The minimum absolute atomic E-state index is 0.317. The average molecular weight is 705 g/mol. The maximum absolute atomic E-state index is 12.4. The number of carbonyl (C=O) groups is 1. The Morgan fingerprint density at radius 2 is 0.940 bits per heavy atom. The highest BCUT2D eigenvalue weighted by Crippen LogP contribution is 2.14. The summed E-state index contributed by atoms with van der Waals surface area (Å²) >= 11 is 0. The first-order chi connectivity index (χ1) is 24.5. The van der Waals surface area contributed by atoms with Gasteiger partial charge in [-0.3, -0.25) is 4.79 Å². The molecule has 6 nitrogen and oxygen atoms in total. The van der Waals surface area contributed by atoms with Crippen LogP contribution in [0.2, 0.25) is 0 Å². The minimum atomic E-state index is -0.776. The van der Waals surface area contributed by atoms with E-state index in [2.05, 4.69) is 55.2 Å². The zero-order valence-corrected chi connectivity index (χ0v) is 33.7. The Hall–Kier alpha value is -1.47. The summed E-state index contributed by atoms with van der Waals surface area (Å²) in [6.07, 6.45) is 45.0. The lowest BCUT2D eigenvalue weighted by Gasteiger charge is -2.25. The third kappa shape index (κ3) is 36.3. The minimum Gasteiger partial charge on any atom is -0.377 e. The Kier molecular flexibility index (Phi) is 39.1. The number of likely N-dealkylation sites (N-methyl/N-ethyl adjacent to an activating group) is 1. The van der Waals surface area contributed by atoms with Gasteiger partial charge in [0.2, 0.25) is 5.91 Å². The van der Waals surface area contributed by atoms with Crippen molar-refractivity contribution in [3.63, 3.8) is 0 Å². The van der Waals surface area contributed by atoms with Gasteiger partial charge >= 0.3 is 0 Å². The number of unbranched alkanes of at least 4 members (excludes halogenated alkanes) is 21. The standard InChI is InChI=1S/C44H84N2O4/c1-5-7-9-11-13-15-17-19-21-23-25-27-29-31-33-35-38-49-42(41-48-40-37-46(3)4)43(44(45)47)50-39-36-34-32-30-28-26-24-22-20-18-16-14-12-10-8-6-2/h14,16,19-22,42-43H,5-13,15,17-18,23-41H2,1-4H3,(H2,45,47)/b16-14-,21-19-,22-20-. The van der Waals surface area contributed by atoms with Crippen molar-refractivity contribution < 1.29 is 19.0 Å². The molecule has 0 heterocycles. The van der Waals surface area contributed by atoms with Crippen LogP contribution < -0.4 is 5.73 Å². The van der Waals surface area contributed by atoms with Crippen LogP contribution in [0.25, 0.3) is 0 Å². The summed E-state index contributed by atoms with van der Waals surface area (Å²) in [6.45, 7) is 7.36. The summed E-state index contributed by atoms with van der Waals surface area (Å²) in [5, 5.41) is 0. The number of hydrogen-bond acceptors (Lipinski definition) is 5. The molecular weight excluding hydrogens is 620 g/mol. The molecule has 2 unspecified atom stereocenters. The number of primary amides is 1. The number of amides is 1. The maximum atomic E-state index is 12.4. The second kappa shape index (κ2) is 40.3. The lowest BCUT2D eigenvalue weighted by Crippen LogP contribution is -2.45. The third-order valence-electron chi connectivity index (χ3n) is 9.21. The number of carbonyl (C=O) groups excluding carboxylic acids is 1. The van der Waals surface area contributed by atoms with Gasteiger partial charge in [-0.2, -0.15) is 0 Å². The lowest BCUT2D eigenvalue weighted by molar-refractivity contribution is -0.148. The molecule has 0 aromatic heterocycles. The molecule has 0 aliphatic carbocycles. The van der Waals surface area contributed by atoms with Crippen LogP contribution in [0.5, 0.6) is 0 Å². The fraction of sp³-hybridized carbons (Fsp3) is 0.841. The number of nitrogens with two attached hydrogens (primary N) is 1. The van der Waals surface area contributed by atoms with E-state index in [-0.39, 0.29) is 0 Å². The summed E-state index contributed by atoms with van der Waals surface area (Å²) in [4.78, 5) is 14.5. The fourth-order valence-electron chi connectivity index (χ4n) is 5.93. The topological polar surface area (TPSA) is 74.0 Å².